The second kappa shape index (κ2) is 5.01. The van der Waals surface area contributed by atoms with Crippen molar-refractivity contribution in [2.45, 2.75) is 32.1 Å². The Labute approximate surface area is 96.1 Å². The zero-order valence-electron chi connectivity index (χ0n) is 9.99. The Kier molecular flexibility index (Phi) is 3.93. The molecule has 1 aromatic carbocycles. The smallest absolute Gasteiger partial charge is 0.303 e. The van der Waals surface area contributed by atoms with E-state index >= 15 is 0 Å². The zero-order valence-corrected chi connectivity index (χ0v) is 9.99. The first-order chi connectivity index (χ1) is 7.47. The lowest BCUT2D eigenvalue weighted by atomic mass is 9.80. The van der Waals surface area contributed by atoms with Crippen molar-refractivity contribution < 1.29 is 14.6 Å². The molecule has 0 aliphatic rings. The Hall–Kier alpha value is -1.51. The summed E-state index contributed by atoms with van der Waals surface area (Å²) in [6.07, 6.45) is 0.772. The number of rotatable bonds is 5. The predicted octanol–water partition coefficient (Wildman–Crippen LogP) is 2.84. The largest absolute Gasteiger partial charge is 0.496 e. The second-order valence-corrected chi connectivity index (χ2v) is 4.48. The maximum Gasteiger partial charge on any atom is 0.303 e. The first-order valence-electron chi connectivity index (χ1n) is 5.32. The summed E-state index contributed by atoms with van der Waals surface area (Å²) in [6.45, 7) is 4.07. The summed E-state index contributed by atoms with van der Waals surface area (Å²) < 4.78 is 5.29. The third kappa shape index (κ3) is 2.99. The van der Waals surface area contributed by atoms with E-state index in [9.17, 15) is 4.79 Å². The van der Waals surface area contributed by atoms with Crippen LogP contribution in [0.1, 0.15) is 32.3 Å². The number of ether oxygens (including phenoxy) is 1. The summed E-state index contributed by atoms with van der Waals surface area (Å²) in [5.74, 6) is 0.0564. The van der Waals surface area contributed by atoms with Crippen molar-refractivity contribution in [3.8, 4) is 5.75 Å². The molecule has 3 heteroatoms. The lowest BCUT2D eigenvalue weighted by Crippen LogP contribution is -2.19. The second-order valence-electron chi connectivity index (χ2n) is 4.48. The van der Waals surface area contributed by atoms with Crippen molar-refractivity contribution >= 4 is 5.97 Å². The number of hydrogen-bond acceptors (Lipinski definition) is 2. The third-order valence-corrected chi connectivity index (χ3v) is 2.80. The van der Waals surface area contributed by atoms with Crippen molar-refractivity contribution in [1.82, 2.24) is 0 Å². The molecule has 0 fully saturated rings. The molecule has 1 rings (SSSR count). The van der Waals surface area contributed by atoms with E-state index in [0.717, 1.165) is 11.3 Å². The maximum absolute atomic E-state index is 10.6. The van der Waals surface area contributed by atoms with E-state index in [4.69, 9.17) is 9.84 Å². The van der Waals surface area contributed by atoms with Gasteiger partial charge in [-0.05, 0) is 23.5 Å². The number of methoxy groups -OCH3 is 1. The normalized spacial score (nSPS) is 11.2. The standard InChI is InChI=1S/C13H18O3/c1-13(2,9-8-12(14)15)10-6-4-5-7-11(10)16-3/h4-7H,8-9H2,1-3H3,(H,14,15). The van der Waals surface area contributed by atoms with Crippen LogP contribution in [0.25, 0.3) is 0 Å². The molecule has 88 valence electrons. The van der Waals surface area contributed by atoms with Crippen LogP contribution in [0.3, 0.4) is 0 Å². The van der Waals surface area contributed by atoms with Crippen LogP contribution in [0.5, 0.6) is 5.75 Å². The molecule has 0 aromatic heterocycles. The number of carbonyl (C=O) groups is 1. The van der Waals surface area contributed by atoms with Crippen molar-refractivity contribution in [3.05, 3.63) is 29.8 Å². The van der Waals surface area contributed by atoms with Gasteiger partial charge in [-0.3, -0.25) is 4.79 Å². The van der Waals surface area contributed by atoms with Crippen LogP contribution in [-0.2, 0) is 10.2 Å². The molecule has 0 amide bonds. The highest BCUT2D eigenvalue weighted by Gasteiger charge is 2.24. The molecule has 0 aliphatic heterocycles. The molecule has 0 saturated carbocycles. The number of aliphatic carboxylic acids is 1. The molecule has 16 heavy (non-hydrogen) atoms. The zero-order chi connectivity index (χ0) is 12.2. The van der Waals surface area contributed by atoms with Crippen LogP contribution >= 0.6 is 0 Å². The fraction of sp³-hybridized carbons (Fsp3) is 0.462. The summed E-state index contributed by atoms with van der Waals surface area (Å²) in [6, 6.07) is 7.74. The third-order valence-electron chi connectivity index (χ3n) is 2.80. The van der Waals surface area contributed by atoms with Gasteiger partial charge in [0.1, 0.15) is 5.75 Å². The first-order valence-corrected chi connectivity index (χ1v) is 5.32. The van der Waals surface area contributed by atoms with Crippen molar-refractivity contribution in [2.24, 2.45) is 0 Å². The Morgan fingerprint density at radius 3 is 2.56 bits per heavy atom. The molecule has 0 spiro atoms. The number of carboxylic acids is 1. The van der Waals surface area contributed by atoms with Gasteiger partial charge in [-0.15, -0.1) is 0 Å². The van der Waals surface area contributed by atoms with E-state index in [0.29, 0.717) is 6.42 Å². The fourth-order valence-electron chi connectivity index (χ4n) is 1.76. The summed E-state index contributed by atoms with van der Waals surface area (Å²) in [7, 11) is 1.63. The predicted molar refractivity (Wildman–Crippen MR) is 62.9 cm³/mol. The topological polar surface area (TPSA) is 46.5 Å². The van der Waals surface area contributed by atoms with E-state index in [-0.39, 0.29) is 11.8 Å². The minimum atomic E-state index is -0.761. The number of carboxylic acid groups (broad SMARTS) is 1. The monoisotopic (exact) mass is 222 g/mol. The highest BCUT2D eigenvalue weighted by molar-refractivity contribution is 5.66. The number of benzene rings is 1. The minimum Gasteiger partial charge on any atom is -0.496 e. The Morgan fingerprint density at radius 1 is 1.38 bits per heavy atom. The van der Waals surface area contributed by atoms with Gasteiger partial charge in [0.05, 0.1) is 7.11 Å². The van der Waals surface area contributed by atoms with Gasteiger partial charge >= 0.3 is 5.97 Å². The Morgan fingerprint density at radius 2 is 2.00 bits per heavy atom. The summed E-state index contributed by atoms with van der Waals surface area (Å²) in [5.41, 5.74) is 0.865. The fourth-order valence-corrected chi connectivity index (χ4v) is 1.76. The summed E-state index contributed by atoms with van der Waals surface area (Å²) in [4.78, 5) is 10.6. The molecule has 0 aliphatic carbocycles. The molecule has 0 atom stereocenters. The molecule has 3 nitrogen and oxygen atoms in total. The molecule has 0 heterocycles. The number of hydrogen-bond donors (Lipinski definition) is 1. The highest BCUT2D eigenvalue weighted by Crippen LogP contribution is 2.34. The molecule has 1 N–H and O–H groups in total. The van der Waals surface area contributed by atoms with E-state index in [1.807, 2.05) is 38.1 Å². The quantitative estimate of drug-likeness (QED) is 0.833. The molecular formula is C13H18O3. The Bertz CT molecular complexity index is 369. The molecular weight excluding hydrogens is 204 g/mol. The average Bonchev–Trinajstić information content (AvgIpc) is 2.26. The van der Waals surface area contributed by atoms with Gasteiger partial charge in [-0.1, -0.05) is 32.0 Å². The molecule has 0 bridgehead atoms. The molecule has 1 aromatic rings. The van der Waals surface area contributed by atoms with Crippen molar-refractivity contribution in [2.75, 3.05) is 7.11 Å². The van der Waals surface area contributed by atoms with Gasteiger partial charge in [0.15, 0.2) is 0 Å². The number of para-hydroxylation sites is 1. The van der Waals surface area contributed by atoms with E-state index < -0.39 is 5.97 Å². The van der Waals surface area contributed by atoms with Crippen LogP contribution in [0, 0.1) is 0 Å². The highest BCUT2D eigenvalue weighted by atomic mass is 16.5. The molecule has 0 unspecified atom stereocenters. The van der Waals surface area contributed by atoms with Crippen molar-refractivity contribution in [3.63, 3.8) is 0 Å². The van der Waals surface area contributed by atoms with Crippen LogP contribution in [0.15, 0.2) is 24.3 Å². The van der Waals surface area contributed by atoms with Gasteiger partial charge in [-0.25, -0.2) is 0 Å². The van der Waals surface area contributed by atoms with Crippen LogP contribution in [-0.4, -0.2) is 18.2 Å². The lowest BCUT2D eigenvalue weighted by Gasteiger charge is -2.26. The van der Waals surface area contributed by atoms with E-state index in [2.05, 4.69) is 0 Å². The van der Waals surface area contributed by atoms with Gasteiger partial charge in [-0.2, -0.15) is 0 Å². The first kappa shape index (κ1) is 12.6. The SMILES string of the molecule is COc1ccccc1C(C)(C)CCC(=O)O. The van der Waals surface area contributed by atoms with Crippen LogP contribution in [0.2, 0.25) is 0 Å². The van der Waals surface area contributed by atoms with Gasteiger partial charge in [0, 0.05) is 6.42 Å². The maximum atomic E-state index is 10.6. The summed E-state index contributed by atoms with van der Waals surface area (Å²) >= 11 is 0. The molecule has 0 radical (unpaired) electrons. The van der Waals surface area contributed by atoms with E-state index in [1.54, 1.807) is 7.11 Å². The lowest BCUT2D eigenvalue weighted by molar-refractivity contribution is -0.137. The van der Waals surface area contributed by atoms with Crippen LogP contribution < -0.4 is 4.74 Å². The van der Waals surface area contributed by atoms with Gasteiger partial charge < -0.3 is 9.84 Å². The average molecular weight is 222 g/mol. The van der Waals surface area contributed by atoms with Crippen LogP contribution in [0.4, 0.5) is 0 Å². The molecule has 0 saturated heterocycles. The van der Waals surface area contributed by atoms with Crippen molar-refractivity contribution in [1.29, 1.82) is 0 Å². The van der Waals surface area contributed by atoms with Gasteiger partial charge in [0.25, 0.3) is 0 Å². The minimum absolute atomic E-state index is 0.172. The Balaban J connectivity index is 2.92. The van der Waals surface area contributed by atoms with E-state index in [1.165, 1.54) is 0 Å². The summed E-state index contributed by atoms with van der Waals surface area (Å²) in [5, 5.41) is 8.72. The van der Waals surface area contributed by atoms with Gasteiger partial charge in [0.2, 0.25) is 0 Å².